The van der Waals surface area contributed by atoms with Crippen molar-refractivity contribution in [3.05, 3.63) is 66.0 Å². The van der Waals surface area contributed by atoms with Crippen LogP contribution in [0.4, 0.5) is 0 Å². The van der Waals surface area contributed by atoms with Gasteiger partial charge in [-0.05, 0) is 62.9 Å². The van der Waals surface area contributed by atoms with Crippen LogP contribution >= 0.6 is 0 Å². The molecule has 13 heteroatoms. The number of aromatic nitrogens is 1. The molecule has 0 saturated heterocycles. The molecule has 4 amide bonds. The van der Waals surface area contributed by atoms with E-state index in [-0.39, 0.29) is 31.8 Å². The van der Waals surface area contributed by atoms with Crippen LogP contribution in [0, 0.1) is 0 Å². The molecule has 0 aliphatic heterocycles. The van der Waals surface area contributed by atoms with Crippen molar-refractivity contribution in [2.45, 2.75) is 56.7 Å². The quantitative estimate of drug-likeness (QED) is 0.0731. The lowest BCUT2D eigenvalue weighted by atomic mass is 10.0. The van der Waals surface area contributed by atoms with Gasteiger partial charge in [0.05, 0.1) is 0 Å². The maximum atomic E-state index is 13.4. The third-order valence-electron chi connectivity index (χ3n) is 5.98. The van der Waals surface area contributed by atoms with Gasteiger partial charge in [-0.1, -0.05) is 24.3 Å². The standard InChI is InChI=1S/C27H39N9O4/c28-14-6-4-12-20(26(40)36-22(23(29)37)17-19-11-5-7-15-32-19)35-25(39)21(13-8-16-33-27(30)31)34-24(38)18-9-2-1-3-10-18/h1-3,5,7,9-11,15,20-22H,4,6,8,12-14,16-17,28H2,(H2,29,37)(H,34,38)(H,35,39)(H,36,40)(H4,30,31,33)/t20-,21-,22-/m0/s1. The number of benzene rings is 1. The molecule has 3 atom stereocenters. The predicted molar refractivity (Wildman–Crippen MR) is 152 cm³/mol. The van der Waals surface area contributed by atoms with E-state index in [0.29, 0.717) is 37.1 Å². The van der Waals surface area contributed by atoms with Crippen molar-refractivity contribution in [2.75, 3.05) is 13.1 Å². The van der Waals surface area contributed by atoms with Crippen molar-refractivity contribution < 1.29 is 19.2 Å². The molecule has 40 heavy (non-hydrogen) atoms. The van der Waals surface area contributed by atoms with Gasteiger partial charge in [-0.2, -0.15) is 0 Å². The number of rotatable bonds is 17. The summed E-state index contributed by atoms with van der Waals surface area (Å²) in [6.45, 7) is 0.661. The number of carbonyl (C=O) groups excluding carboxylic acids is 4. The molecule has 1 aromatic carbocycles. The van der Waals surface area contributed by atoms with E-state index in [1.165, 1.54) is 0 Å². The van der Waals surface area contributed by atoms with Gasteiger partial charge in [0.25, 0.3) is 5.91 Å². The predicted octanol–water partition coefficient (Wildman–Crippen LogP) is -0.940. The van der Waals surface area contributed by atoms with Crippen molar-refractivity contribution >= 4 is 29.6 Å². The third-order valence-corrected chi connectivity index (χ3v) is 5.98. The van der Waals surface area contributed by atoms with Crippen molar-refractivity contribution in [1.82, 2.24) is 20.9 Å². The summed E-state index contributed by atoms with van der Waals surface area (Å²) in [5.41, 5.74) is 22.9. The minimum absolute atomic E-state index is 0.0827. The molecule has 0 aliphatic carbocycles. The summed E-state index contributed by atoms with van der Waals surface area (Å²) in [5.74, 6) is -2.42. The Labute approximate surface area is 233 Å². The summed E-state index contributed by atoms with van der Waals surface area (Å²) in [6.07, 6.45) is 3.69. The maximum absolute atomic E-state index is 13.4. The summed E-state index contributed by atoms with van der Waals surface area (Å²) in [4.78, 5) is 59.7. The van der Waals surface area contributed by atoms with E-state index in [4.69, 9.17) is 22.9 Å². The van der Waals surface area contributed by atoms with Gasteiger partial charge in [0.2, 0.25) is 17.7 Å². The fourth-order valence-electron chi connectivity index (χ4n) is 3.86. The maximum Gasteiger partial charge on any atom is 0.251 e. The highest BCUT2D eigenvalue weighted by Gasteiger charge is 2.29. The fourth-order valence-corrected chi connectivity index (χ4v) is 3.86. The van der Waals surface area contributed by atoms with Crippen LogP contribution in [0.2, 0.25) is 0 Å². The second kappa shape index (κ2) is 17.1. The molecule has 2 rings (SSSR count). The van der Waals surface area contributed by atoms with Crippen LogP contribution in [0.25, 0.3) is 0 Å². The normalized spacial score (nSPS) is 12.8. The van der Waals surface area contributed by atoms with Gasteiger partial charge in [0.1, 0.15) is 18.1 Å². The molecule has 2 aromatic rings. The first-order valence-electron chi connectivity index (χ1n) is 13.1. The van der Waals surface area contributed by atoms with Crippen molar-refractivity contribution in [3.63, 3.8) is 0 Å². The number of pyridine rings is 1. The van der Waals surface area contributed by atoms with Gasteiger partial charge in [-0.25, -0.2) is 0 Å². The van der Waals surface area contributed by atoms with E-state index in [1.807, 2.05) is 0 Å². The first kappa shape index (κ1) is 31.7. The first-order chi connectivity index (χ1) is 19.2. The summed E-state index contributed by atoms with van der Waals surface area (Å²) >= 11 is 0. The van der Waals surface area contributed by atoms with Crippen molar-refractivity contribution in [1.29, 1.82) is 0 Å². The molecular formula is C27H39N9O4. The zero-order valence-corrected chi connectivity index (χ0v) is 22.4. The van der Waals surface area contributed by atoms with Crippen LogP contribution in [0.3, 0.4) is 0 Å². The van der Waals surface area contributed by atoms with Gasteiger partial charge >= 0.3 is 0 Å². The average molecular weight is 554 g/mol. The zero-order valence-electron chi connectivity index (χ0n) is 22.4. The monoisotopic (exact) mass is 553 g/mol. The van der Waals surface area contributed by atoms with E-state index in [0.717, 1.165) is 0 Å². The number of carbonyl (C=O) groups is 4. The number of aliphatic imine (C=N–C) groups is 1. The molecule has 1 heterocycles. The van der Waals surface area contributed by atoms with Gasteiger partial charge in [0.15, 0.2) is 5.96 Å². The molecule has 0 bridgehead atoms. The minimum atomic E-state index is -1.04. The molecule has 1 aromatic heterocycles. The van der Waals surface area contributed by atoms with Crippen LogP contribution in [0.5, 0.6) is 0 Å². The zero-order chi connectivity index (χ0) is 29.3. The third kappa shape index (κ3) is 11.5. The van der Waals surface area contributed by atoms with E-state index in [9.17, 15) is 19.2 Å². The van der Waals surface area contributed by atoms with E-state index in [1.54, 1.807) is 54.7 Å². The number of primary amides is 1. The smallest absolute Gasteiger partial charge is 0.251 e. The number of hydrogen-bond acceptors (Lipinski definition) is 7. The largest absolute Gasteiger partial charge is 0.370 e. The Morgan fingerprint density at radius 2 is 1.40 bits per heavy atom. The van der Waals surface area contributed by atoms with E-state index < -0.39 is 41.8 Å². The van der Waals surface area contributed by atoms with Gasteiger partial charge < -0.3 is 38.9 Å². The van der Waals surface area contributed by atoms with Gasteiger partial charge in [0, 0.05) is 30.4 Å². The molecule has 0 fully saturated rings. The lowest BCUT2D eigenvalue weighted by molar-refractivity contribution is -0.132. The van der Waals surface area contributed by atoms with Gasteiger partial charge in [-0.15, -0.1) is 0 Å². The summed E-state index contributed by atoms with van der Waals surface area (Å²) < 4.78 is 0. The Bertz CT molecular complexity index is 1130. The number of nitrogens with two attached hydrogens (primary N) is 4. The summed E-state index contributed by atoms with van der Waals surface area (Å²) in [7, 11) is 0. The first-order valence-corrected chi connectivity index (χ1v) is 13.1. The molecule has 11 N–H and O–H groups in total. The molecule has 0 radical (unpaired) electrons. The molecule has 0 aliphatic rings. The second-order valence-electron chi connectivity index (χ2n) is 9.18. The van der Waals surface area contributed by atoms with Crippen LogP contribution in [0.1, 0.15) is 48.2 Å². The molecule has 0 unspecified atom stereocenters. The van der Waals surface area contributed by atoms with Crippen LogP contribution in [0.15, 0.2) is 59.7 Å². The number of nitrogens with zero attached hydrogens (tertiary/aromatic N) is 2. The lowest BCUT2D eigenvalue weighted by Gasteiger charge is -2.25. The lowest BCUT2D eigenvalue weighted by Crippen LogP contribution is -2.56. The Hall–Kier alpha value is -4.52. The molecular weight excluding hydrogens is 514 g/mol. The number of amides is 4. The topological polar surface area (TPSA) is 234 Å². The average Bonchev–Trinajstić information content (AvgIpc) is 2.94. The van der Waals surface area contributed by atoms with Crippen molar-refractivity contribution in [2.24, 2.45) is 27.9 Å². The van der Waals surface area contributed by atoms with E-state index in [2.05, 4.69) is 25.9 Å². The molecule has 216 valence electrons. The Kier molecular flexibility index (Phi) is 13.6. The molecule has 0 saturated carbocycles. The van der Waals surface area contributed by atoms with Crippen LogP contribution < -0.4 is 38.9 Å². The Morgan fingerprint density at radius 3 is 2.00 bits per heavy atom. The second-order valence-corrected chi connectivity index (χ2v) is 9.18. The van der Waals surface area contributed by atoms with Gasteiger partial charge in [-0.3, -0.25) is 29.2 Å². The Balaban J connectivity index is 2.17. The highest BCUT2D eigenvalue weighted by atomic mass is 16.2. The van der Waals surface area contributed by atoms with Crippen LogP contribution in [-0.4, -0.2) is 65.8 Å². The van der Waals surface area contributed by atoms with Crippen molar-refractivity contribution in [3.8, 4) is 0 Å². The van der Waals surface area contributed by atoms with E-state index >= 15 is 0 Å². The minimum Gasteiger partial charge on any atom is -0.370 e. The number of nitrogens with one attached hydrogen (secondary N) is 3. The van der Waals surface area contributed by atoms with Crippen LogP contribution in [-0.2, 0) is 20.8 Å². The SMILES string of the molecule is NCCCC[C@H](NC(=O)[C@H](CCCN=C(N)N)NC(=O)c1ccccc1)C(=O)N[C@@H](Cc1ccccn1)C(N)=O. The number of guanidine groups is 1. The molecule has 13 nitrogen and oxygen atoms in total. The Morgan fingerprint density at radius 1 is 0.775 bits per heavy atom. The number of unbranched alkanes of at least 4 members (excludes halogenated alkanes) is 1. The molecule has 0 spiro atoms. The summed E-state index contributed by atoms with van der Waals surface area (Å²) in [6, 6.07) is 10.6. The fraction of sp³-hybridized carbons (Fsp3) is 0.407. The highest BCUT2D eigenvalue weighted by Crippen LogP contribution is 2.08. The summed E-state index contributed by atoms with van der Waals surface area (Å²) in [5, 5.41) is 8.09. The number of hydrogen-bond donors (Lipinski definition) is 7. The highest BCUT2D eigenvalue weighted by molar-refractivity contribution is 5.98.